The Morgan fingerprint density at radius 1 is 1.23 bits per heavy atom. The van der Waals surface area contributed by atoms with E-state index in [1.807, 2.05) is 12.1 Å². The van der Waals surface area contributed by atoms with Crippen LogP contribution in [0.3, 0.4) is 0 Å². The molecule has 3 aromatic rings. The molecule has 0 bridgehead atoms. The Morgan fingerprint density at radius 3 is 2.81 bits per heavy atom. The van der Waals surface area contributed by atoms with Crippen molar-refractivity contribution in [2.75, 3.05) is 23.0 Å². The first-order valence-corrected chi connectivity index (χ1v) is 9.61. The number of nitrogens with zero attached hydrogens (tertiary/aromatic N) is 4. The van der Waals surface area contributed by atoms with Crippen LogP contribution in [0.5, 0.6) is 5.75 Å². The molecule has 2 aromatic carbocycles. The number of amides is 2. The van der Waals surface area contributed by atoms with Crippen molar-refractivity contribution in [1.29, 1.82) is 5.26 Å². The average molecular weight is 418 g/mol. The molecule has 4 rings (SSSR count). The van der Waals surface area contributed by atoms with Crippen molar-refractivity contribution in [3.8, 4) is 11.8 Å². The van der Waals surface area contributed by atoms with Gasteiger partial charge in [-0.15, -0.1) is 0 Å². The molecule has 0 fully saturated rings. The van der Waals surface area contributed by atoms with E-state index in [-0.39, 0.29) is 18.8 Å². The fourth-order valence-electron chi connectivity index (χ4n) is 3.83. The molecule has 1 aliphatic heterocycles. The van der Waals surface area contributed by atoms with Crippen LogP contribution >= 0.6 is 0 Å². The van der Waals surface area contributed by atoms with Gasteiger partial charge in [-0.1, -0.05) is 12.1 Å². The number of benzene rings is 2. The average Bonchev–Trinajstić information content (AvgIpc) is 2.76. The van der Waals surface area contributed by atoms with Gasteiger partial charge in [-0.05, 0) is 44.2 Å². The van der Waals surface area contributed by atoms with Crippen LogP contribution in [-0.4, -0.2) is 35.5 Å². The summed E-state index contributed by atoms with van der Waals surface area (Å²) in [6.45, 7) is 2.61. The third kappa shape index (κ3) is 3.44. The molecule has 0 atom stereocenters. The van der Waals surface area contributed by atoms with Gasteiger partial charge >= 0.3 is 0 Å². The Balaban J connectivity index is 1.69. The maximum Gasteiger partial charge on any atom is 0.265 e. The number of carbonyl (C=O) groups excluding carboxylic acids is 2. The van der Waals surface area contributed by atoms with Gasteiger partial charge in [0, 0.05) is 23.2 Å². The van der Waals surface area contributed by atoms with Gasteiger partial charge in [0.1, 0.15) is 23.7 Å². The van der Waals surface area contributed by atoms with Crippen molar-refractivity contribution in [2.24, 2.45) is 0 Å². The highest BCUT2D eigenvalue weighted by Gasteiger charge is 2.47. The van der Waals surface area contributed by atoms with Crippen molar-refractivity contribution >= 4 is 34.0 Å². The normalized spacial score (nSPS) is 14.8. The molecular formula is C23H19FN4O3. The van der Waals surface area contributed by atoms with E-state index in [0.717, 1.165) is 16.8 Å². The molecule has 0 unspecified atom stereocenters. The highest BCUT2D eigenvalue weighted by atomic mass is 19.1. The van der Waals surface area contributed by atoms with Crippen LogP contribution in [0.2, 0.25) is 0 Å². The van der Waals surface area contributed by atoms with Crippen LogP contribution in [0.25, 0.3) is 10.8 Å². The first-order valence-electron chi connectivity index (χ1n) is 9.61. The van der Waals surface area contributed by atoms with Crippen LogP contribution in [-0.2, 0) is 9.59 Å². The molecule has 31 heavy (non-hydrogen) atoms. The Morgan fingerprint density at radius 2 is 2.03 bits per heavy atom. The topological polar surface area (TPSA) is 86.5 Å². The number of carbonyl (C=O) groups is 2. The third-order valence-electron chi connectivity index (χ3n) is 5.27. The maximum absolute atomic E-state index is 13.9. The van der Waals surface area contributed by atoms with E-state index in [0.29, 0.717) is 11.4 Å². The van der Waals surface area contributed by atoms with Crippen LogP contribution in [0.4, 0.5) is 15.8 Å². The van der Waals surface area contributed by atoms with Crippen LogP contribution in [0.15, 0.2) is 54.9 Å². The second-order valence-corrected chi connectivity index (χ2v) is 7.61. The molecule has 0 spiro atoms. The molecule has 156 valence electrons. The van der Waals surface area contributed by atoms with E-state index >= 15 is 0 Å². The minimum absolute atomic E-state index is 0.176. The molecule has 2 amide bonds. The summed E-state index contributed by atoms with van der Waals surface area (Å²) in [6, 6.07) is 13.0. The number of rotatable bonds is 4. The van der Waals surface area contributed by atoms with Gasteiger partial charge in [0.15, 0.2) is 6.61 Å². The lowest BCUT2D eigenvalue weighted by molar-refractivity contribution is -0.128. The number of anilines is 2. The number of nitriles is 1. The van der Waals surface area contributed by atoms with E-state index in [1.165, 1.54) is 21.9 Å². The summed E-state index contributed by atoms with van der Waals surface area (Å²) in [5.74, 6) is -0.993. The summed E-state index contributed by atoms with van der Waals surface area (Å²) in [4.78, 5) is 32.9. The van der Waals surface area contributed by atoms with Gasteiger partial charge in [0.2, 0.25) is 0 Å². The number of hydrogen-bond donors (Lipinski definition) is 0. The second-order valence-electron chi connectivity index (χ2n) is 7.61. The van der Waals surface area contributed by atoms with Gasteiger partial charge in [-0.25, -0.2) is 4.39 Å². The number of ether oxygens (including phenoxy) is 1. The molecule has 2 heterocycles. The van der Waals surface area contributed by atoms with E-state index < -0.39 is 23.2 Å². The highest BCUT2D eigenvalue weighted by Crippen LogP contribution is 2.41. The lowest BCUT2D eigenvalue weighted by Gasteiger charge is -2.45. The number of aromatic nitrogens is 1. The number of hydrogen-bond acceptors (Lipinski definition) is 5. The Hall–Kier alpha value is -3.99. The standard InChI is InChI=1S/C23H19FN4O3/c1-23(2)22(30)27(11-9-25)19-12-16(24)6-7-18(19)28(23)21(29)14-31-20-5-3-4-15-13-26-10-8-17(15)20/h3-8,10,12-13H,11,14H2,1-2H3. The summed E-state index contributed by atoms with van der Waals surface area (Å²) in [7, 11) is 0. The van der Waals surface area contributed by atoms with Crippen molar-refractivity contribution in [1.82, 2.24) is 4.98 Å². The van der Waals surface area contributed by atoms with Crippen LogP contribution in [0, 0.1) is 17.1 Å². The second kappa shape index (κ2) is 7.69. The summed E-state index contributed by atoms with van der Waals surface area (Å²) >= 11 is 0. The summed E-state index contributed by atoms with van der Waals surface area (Å²) < 4.78 is 19.7. The summed E-state index contributed by atoms with van der Waals surface area (Å²) in [5.41, 5.74) is -0.766. The highest BCUT2D eigenvalue weighted by molar-refractivity contribution is 6.15. The quantitative estimate of drug-likeness (QED) is 0.606. The molecule has 1 aliphatic rings. The molecule has 8 heteroatoms. The van der Waals surface area contributed by atoms with Crippen LogP contribution in [0.1, 0.15) is 13.8 Å². The fraction of sp³-hybridized carbons (Fsp3) is 0.217. The lowest BCUT2D eigenvalue weighted by atomic mass is 9.94. The van der Waals surface area contributed by atoms with Gasteiger partial charge in [0.05, 0.1) is 17.4 Å². The molecule has 0 saturated carbocycles. The maximum atomic E-state index is 13.9. The monoisotopic (exact) mass is 418 g/mol. The Bertz CT molecular complexity index is 1230. The lowest BCUT2D eigenvalue weighted by Crippen LogP contribution is -2.63. The number of pyridine rings is 1. The summed E-state index contributed by atoms with van der Waals surface area (Å²) in [5, 5.41) is 10.8. The van der Waals surface area contributed by atoms with E-state index in [1.54, 1.807) is 44.4 Å². The smallest absolute Gasteiger partial charge is 0.265 e. The predicted molar refractivity (Wildman–Crippen MR) is 113 cm³/mol. The summed E-state index contributed by atoms with van der Waals surface area (Å²) in [6.07, 6.45) is 3.34. The molecule has 0 N–H and O–H groups in total. The minimum atomic E-state index is -1.29. The predicted octanol–water partition coefficient (Wildman–Crippen LogP) is 3.43. The van der Waals surface area contributed by atoms with Gasteiger partial charge in [-0.3, -0.25) is 24.4 Å². The fourth-order valence-corrected chi connectivity index (χ4v) is 3.83. The molecule has 1 aromatic heterocycles. The molecular weight excluding hydrogens is 399 g/mol. The Labute approximate surface area is 178 Å². The number of fused-ring (bicyclic) bond motifs is 2. The zero-order chi connectivity index (χ0) is 22.2. The number of halogens is 1. The zero-order valence-electron chi connectivity index (χ0n) is 17.0. The first kappa shape index (κ1) is 20.3. The SMILES string of the molecule is CC1(C)C(=O)N(CC#N)c2cc(F)ccc2N1C(=O)COc1cccc2cnccc12. The zero-order valence-corrected chi connectivity index (χ0v) is 17.0. The van der Waals surface area contributed by atoms with Gasteiger partial charge in [-0.2, -0.15) is 5.26 Å². The van der Waals surface area contributed by atoms with Gasteiger partial charge in [0.25, 0.3) is 11.8 Å². The van der Waals surface area contributed by atoms with Crippen molar-refractivity contribution in [3.05, 3.63) is 60.7 Å². The van der Waals surface area contributed by atoms with E-state index in [2.05, 4.69) is 4.98 Å². The van der Waals surface area contributed by atoms with E-state index in [4.69, 9.17) is 10.00 Å². The van der Waals surface area contributed by atoms with Crippen LogP contribution < -0.4 is 14.5 Å². The third-order valence-corrected chi connectivity index (χ3v) is 5.27. The van der Waals surface area contributed by atoms with Gasteiger partial charge < -0.3 is 4.74 Å². The van der Waals surface area contributed by atoms with Crippen molar-refractivity contribution < 1.29 is 18.7 Å². The largest absolute Gasteiger partial charge is 0.483 e. The molecule has 0 saturated heterocycles. The first-order chi connectivity index (χ1) is 14.8. The molecule has 7 nitrogen and oxygen atoms in total. The molecule has 0 aliphatic carbocycles. The minimum Gasteiger partial charge on any atom is -0.483 e. The van der Waals surface area contributed by atoms with Crippen molar-refractivity contribution in [3.63, 3.8) is 0 Å². The molecule has 0 radical (unpaired) electrons. The van der Waals surface area contributed by atoms with Crippen molar-refractivity contribution in [2.45, 2.75) is 19.4 Å². The van der Waals surface area contributed by atoms with E-state index in [9.17, 15) is 14.0 Å². The Kier molecular flexibility index (Phi) is 5.03.